The molecule has 0 aliphatic carbocycles. The molecule has 2 aromatic rings. The number of sulfonamides is 1. The smallest absolute Gasteiger partial charge is 0.243 e. The molecule has 2 heterocycles. The standard InChI is InChI=1S/C20H25BrN2O5S/c21-17-6-8-19(9-7-17)29(25,26)23-11-1-4-16(14-23)20(24)22-10-3-12-27-15-18-5-2-13-28-18/h2,5-9,13,16H,1,3-4,10-12,14-15H2,(H,22,24). The van der Waals surface area contributed by atoms with Gasteiger partial charge in [0.2, 0.25) is 15.9 Å². The molecule has 1 aromatic heterocycles. The monoisotopic (exact) mass is 484 g/mol. The van der Waals surface area contributed by atoms with Crippen LogP contribution in [0, 0.1) is 5.92 Å². The van der Waals surface area contributed by atoms with Gasteiger partial charge in [0.1, 0.15) is 12.4 Å². The summed E-state index contributed by atoms with van der Waals surface area (Å²) in [6, 6.07) is 10.2. The third-order valence-corrected chi connectivity index (χ3v) is 7.20. The lowest BCUT2D eigenvalue weighted by Gasteiger charge is -2.31. The van der Waals surface area contributed by atoms with Crippen molar-refractivity contribution in [3.63, 3.8) is 0 Å². The molecule has 0 spiro atoms. The Kier molecular flexibility index (Phi) is 7.88. The lowest BCUT2D eigenvalue weighted by atomic mass is 9.99. The van der Waals surface area contributed by atoms with Gasteiger partial charge < -0.3 is 14.5 Å². The van der Waals surface area contributed by atoms with E-state index in [9.17, 15) is 13.2 Å². The van der Waals surface area contributed by atoms with Gasteiger partial charge in [-0.2, -0.15) is 4.31 Å². The van der Waals surface area contributed by atoms with Crippen LogP contribution in [0.1, 0.15) is 25.0 Å². The Balaban J connectivity index is 1.43. The van der Waals surface area contributed by atoms with Crippen molar-refractivity contribution in [3.05, 3.63) is 52.9 Å². The summed E-state index contributed by atoms with van der Waals surface area (Å²) in [5.41, 5.74) is 0. The van der Waals surface area contributed by atoms with Crippen molar-refractivity contribution in [2.45, 2.75) is 30.8 Å². The molecular formula is C20H25BrN2O5S. The van der Waals surface area contributed by atoms with Crippen LogP contribution in [0.2, 0.25) is 0 Å². The molecule has 1 atom stereocenters. The van der Waals surface area contributed by atoms with Gasteiger partial charge in [-0.3, -0.25) is 4.79 Å². The Bertz CT molecular complexity index is 884. The van der Waals surface area contributed by atoms with E-state index in [1.807, 2.05) is 12.1 Å². The molecule has 1 unspecified atom stereocenters. The molecule has 1 aromatic carbocycles. The van der Waals surface area contributed by atoms with Gasteiger partial charge in [0.15, 0.2) is 0 Å². The van der Waals surface area contributed by atoms with E-state index in [1.54, 1.807) is 30.5 Å². The van der Waals surface area contributed by atoms with E-state index in [-0.39, 0.29) is 23.3 Å². The molecule has 3 rings (SSSR count). The Morgan fingerprint density at radius 1 is 1.28 bits per heavy atom. The summed E-state index contributed by atoms with van der Waals surface area (Å²) in [5, 5.41) is 2.90. The second kappa shape index (κ2) is 10.4. The molecular weight excluding hydrogens is 460 g/mol. The number of carbonyl (C=O) groups excluding carboxylic acids is 1. The molecule has 158 valence electrons. The number of ether oxygens (including phenoxy) is 1. The first-order chi connectivity index (χ1) is 14.0. The van der Waals surface area contributed by atoms with Crippen LogP contribution in [0.3, 0.4) is 0 Å². The number of hydrogen-bond donors (Lipinski definition) is 1. The van der Waals surface area contributed by atoms with Crippen molar-refractivity contribution in [3.8, 4) is 0 Å². The van der Waals surface area contributed by atoms with Gasteiger partial charge in [-0.15, -0.1) is 0 Å². The fourth-order valence-corrected chi connectivity index (χ4v) is 5.02. The summed E-state index contributed by atoms with van der Waals surface area (Å²) in [6.45, 7) is 2.05. The van der Waals surface area contributed by atoms with Crippen molar-refractivity contribution < 1.29 is 22.4 Å². The van der Waals surface area contributed by atoms with E-state index in [2.05, 4.69) is 21.2 Å². The molecule has 9 heteroatoms. The fourth-order valence-electron chi connectivity index (χ4n) is 3.23. The van der Waals surface area contributed by atoms with Gasteiger partial charge >= 0.3 is 0 Å². The Labute approximate surface area is 179 Å². The van der Waals surface area contributed by atoms with Gasteiger partial charge in [0, 0.05) is 30.7 Å². The number of amides is 1. The average Bonchev–Trinajstić information content (AvgIpc) is 3.24. The summed E-state index contributed by atoms with van der Waals surface area (Å²) < 4.78 is 38.6. The van der Waals surface area contributed by atoms with Crippen LogP contribution in [0.25, 0.3) is 0 Å². The highest BCUT2D eigenvalue weighted by Crippen LogP contribution is 2.25. The van der Waals surface area contributed by atoms with Crippen molar-refractivity contribution >= 4 is 31.9 Å². The van der Waals surface area contributed by atoms with Gasteiger partial charge in [-0.1, -0.05) is 15.9 Å². The van der Waals surface area contributed by atoms with E-state index in [0.717, 1.165) is 10.2 Å². The maximum absolute atomic E-state index is 12.9. The van der Waals surface area contributed by atoms with Crippen LogP contribution in [0.5, 0.6) is 0 Å². The number of halogens is 1. The third kappa shape index (κ3) is 6.15. The zero-order valence-electron chi connectivity index (χ0n) is 16.1. The molecule has 1 aliphatic rings. The van der Waals surface area contributed by atoms with Crippen molar-refractivity contribution in [2.75, 3.05) is 26.2 Å². The maximum Gasteiger partial charge on any atom is 0.243 e. The summed E-state index contributed by atoms with van der Waals surface area (Å²) in [7, 11) is -3.60. The Hall–Kier alpha value is -1.68. The topological polar surface area (TPSA) is 88.8 Å². The van der Waals surface area contributed by atoms with E-state index in [1.165, 1.54) is 4.31 Å². The minimum absolute atomic E-state index is 0.105. The minimum Gasteiger partial charge on any atom is -0.467 e. The summed E-state index contributed by atoms with van der Waals surface area (Å²) >= 11 is 3.31. The maximum atomic E-state index is 12.9. The average molecular weight is 485 g/mol. The molecule has 1 saturated heterocycles. The van der Waals surface area contributed by atoms with Crippen LogP contribution in [-0.4, -0.2) is 44.9 Å². The van der Waals surface area contributed by atoms with Gasteiger partial charge in [-0.05, 0) is 55.7 Å². The van der Waals surface area contributed by atoms with E-state index in [4.69, 9.17) is 9.15 Å². The number of carbonyl (C=O) groups is 1. The second-order valence-corrected chi connectivity index (χ2v) is 9.79. The lowest BCUT2D eigenvalue weighted by molar-refractivity contribution is -0.126. The van der Waals surface area contributed by atoms with Gasteiger partial charge in [0.05, 0.1) is 17.1 Å². The van der Waals surface area contributed by atoms with E-state index in [0.29, 0.717) is 45.6 Å². The second-order valence-electron chi connectivity index (χ2n) is 6.93. The number of nitrogens with zero attached hydrogens (tertiary/aromatic N) is 1. The van der Waals surface area contributed by atoms with Crippen molar-refractivity contribution in [1.82, 2.24) is 9.62 Å². The number of piperidine rings is 1. The molecule has 0 saturated carbocycles. The molecule has 1 amide bonds. The van der Waals surface area contributed by atoms with Gasteiger partial charge in [0.25, 0.3) is 0 Å². The van der Waals surface area contributed by atoms with Crippen LogP contribution in [0.15, 0.2) is 56.4 Å². The molecule has 1 fully saturated rings. The quantitative estimate of drug-likeness (QED) is 0.552. The number of rotatable bonds is 9. The zero-order valence-corrected chi connectivity index (χ0v) is 18.5. The molecule has 0 bridgehead atoms. The zero-order chi connectivity index (χ0) is 20.7. The summed E-state index contributed by atoms with van der Waals surface area (Å²) in [4.78, 5) is 12.7. The first-order valence-electron chi connectivity index (χ1n) is 9.60. The molecule has 1 N–H and O–H groups in total. The lowest BCUT2D eigenvalue weighted by Crippen LogP contribution is -2.45. The normalized spacial score (nSPS) is 17.9. The van der Waals surface area contributed by atoms with Crippen molar-refractivity contribution in [2.24, 2.45) is 5.92 Å². The van der Waals surface area contributed by atoms with Crippen LogP contribution >= 0.6 is 15.9 Å². The number of hydrogen-bond acceptors (Lipinski definition) is 5. The van der Waals surface area contributed by atoms with E-state index >= 15 is 0 Å². The SMILES string of the molecule is O=C(NCCCOCc1ccco1)C1CCCN(S(=O)(=O)c2ccc(Br)cc2)C1. The largest absolute Gasteiger partial charge is 0.467 e. The summed E-state index contributed by atoms with van der Waals surface area (Å²) in [6.07, 6.45) is 3.64. The first-order valence-corrected chi connectivity index (χ1v) is 11.8. The fraction of sp³-hybridized carbons (Fsp3) is 0.450. The predicted molar refractivity (Wildman–Crippen MR) is 112 cm³/mol. The Morgan fingerprint density at radius 2 is 2.07 bits per heavy atom. The molecule has 29 heavy (non-hydrogen) atoms. The minimum atomic E-state index is -3.60. The highest BCUT2D eigenvalue weighted by molar-refractivity contribution is 9.10. The third-order valence-electron chi connectivity index (χ3n) is 4.80. The first kappa shape index (κ1) is 22.0. The Morgan fingerprint density at radius 3 is 2.79 bits per heavy atom. The molecule has 0 radical (unpaired) electrons. The van der Waals surface area contributed by atoms with Crippen molar-refractivity contribution in [1.29, 1.82) is 0 Å². The van der Waals surface area contributed by atoms with Crippen LogP contribution in [0.4, 0.5) is 0 Å². The number of benzene rings is 1. The number of nitrogens with one attached hydrogen (secondary N) is 1. The summed E-state index contributed by atoms with van der Waals surface area (Å²) in [5.74, 6) is 0.327. The predicted octanol–water partition coefficient (Wildman–Crippen LogP) is 3.17. The highest BCUT2D eigenvalue weighted by Gasteiger charge is 2.33. The van der Waals surface area contributed by atoms with Gasteiger partial charge in [-0.25, -0.2) is 8.42 Å². The number of furan rings is 1. The van der Waals surface area contributed by atoms with Crippen LogP contribution in [-0.2, 0) is 26.2 Å². The van der Waals surface area contributed by atoms with Crippen LogP contribution < -0.4 is 5.32 Å². The molecule has 7 nitrogen and oxygen atoms in total. The van der Waals surface area contributed by atoms with E-state index < -0.39 is 10.0 Å². The highest BCUT2D eigenvalue weighted by atomic mass is 79.9. The molecule has 1 aliphatic heterocycles.